The first-order chi connectivity index (χ1) is 20.0. The second kappa shape index (κ2) is 14.4. The number of hydrogen-bond acceptors (Lipinski definition) is 12. The van der Waals surface area contributed by atoms with E-state index in [1.165, 1.54) is 19.2 Å². The standard InChI is InChI=1S/C27H33N3O10S2/c1-6-22(38-5)16(2)20(28-3)15-41-27-29-19-11-17(37-4)7-9-21(19)30(27)42(35,36)18-8-10-23(39-13-25(31)32)24(12-18)40-14-26(33)34/h7-12,25,31-32H,6,13-15H2,1-5H3,(H,33,34)/b22-16+,28-20?. The smallest absolute Gasteiger partial charge is 0.341 e. The fourth-order valence-electron chi connectivity index (χ4n) is 3.95. The number of aliphatic carboxylic acids is 1. The van der Waals surface area contributed by atoms with Gasteiger partial charge in [-0.15, -0.1) is 0 Å². The summed E-state index contributed by atoms with van der Waals surface area (Å²) in [4.78, 5) is 19.8. The number of aromatic nitrogens is 2. The Morgan fingerprint density at radius 3 is 2.45 bits per heavy atom. The van der Waals surface area contributed by atoms with Gasteiger partial charge in [0, 0.05) is 36.9 Å². The van der Waals surface area contributed by atoms with E-state index in [0.29, 0.717) is 23.4 Å². The minimum atomic E-state index is -4.35. The highest BCUT2D eigenvalue weighted by atomic mass is 32.2. The van der Waals surface area contributed by atoms with E-state index >= 15 is 0 Å². The summed E-state index contributed by atoms with van der Waals surface area (Å²) in [5, 5.41) is 27.6. The van der Waals surface area contributed by atoms with E-state index in [-0.39, 0.29) is 32.8 Å². The molecule has 0 unspecified atom stereocenters. The van der Waals surface area contributed by atoms with E-state index in [0.717, 1.165) is 33.1 Å². The van der Waals surface area contributed by atoms with Gasteiger partial charge in [0.05, 0.1) is 41.6 Å². The number of nitrogens with zero attached hydrogens (tertiary/aromatic N) is 3. The molecule has 3 N–H and O–H groups in total. The fourth-order valence-corrected chi connectivity index (χ4v) is 6.76. The third-order valence-corrected chi connectivity index (χ3v) is 8.78. The van der Waals surface area contributed by atoms with Crippen LogP contribution >= 0.6 is 11.8 Å². The van der Waals surface area contributed by atoms with Gasteiger partial charge in [0.25, 0.3) is 10.0 Å². The number of aliphatic hydroxyl groups is 2. The van der Waals surface area contributed by atoms with Crippen LogP contribution in [0.5, 0.6) is 17.2 Å². The van der Waals surface area contributed by atoms with Gasteiger partial charge in [-0.2, -0.15) is 0 Å². The molecule has 15 heteroatoms. The predicted octanol–water partition coefficient (Wildman–Crippen LogP) is 2.93. The Balaban J connectivity index is 2.14. The summed E-state index contributed by atoms with van der Waals surface area (Å²) in [6.07, 6.45) is -1.16. The molecule has 0 fully saturated rings. The van der Waals surface area contributed by atoms with Crippen molar-refractivity contribution in [3.63, 3.8) is 0 Å². The van der Waals surface area contributed by atoms with Crippen LogP contribution in [0.4, 0.5) is 0 Å². The van der Waals surface area contributed by atoms with E-state index in [4.69, 9.17) is 34.3 Å². The monoisotopic (exact) mass is 623 g/mol. The molecule has 0 spiro atoms. The molecule has 3 rings (SSSR count). The molecule has 0 aliphatic heterocycles. The molecule has 0 aliphatic carbocycles. The van der Waals surface area contributed by atoms with Crippen molar-refractivity contribution in [3.05, 3.63) is 47.7 Å². The molecular formula is C27H33N3O10S2. The van der Waals surface area contributed by atoms with E-state index in [9.17, 15) is 13.2 Å². The number of hydrogen-bond donors (Lipinski definition) is 3. The van der Waals surface area contributed by atoms with Gasteiger partial charge in [0.15, 0.2) is 29.6 Å². The molecule has 0 amide bonds. The molecular weight excluding hydrogens is 590 g/mol. The zero-order valence-electron chi connectivity index (χ0n) is 23.7. The second-order valence-corrected chi connectivity index (χ2v) is 11.4. The van der Waals surface area contributed by atoms with Crippen molar-refractivity contribution < 1.29 is 47.5 Å². The van der Waals surface area contributed by atoms with Crippen LogP contribution in [-0.4, -0.2) is 90.9 Å². The first-order valence-corrected chi connectivity index (χ1v) is 15.0. The zero-order chi connectivity index (χ0) is 31.0. The Morgan fingerprint density at radius 2 is 1.86 bits per heavy atom. The summed E-state index contributed by atoms with van der Waals surface area (Å²) in [6, 6.07) is 8.40. The Bertz CT molecular complexity index is 1590. The molecule has 0 aliphatic rings. The third kappa shape index (κ3) is 7.53. The summed E-state index contributed by atoms with van der Waals surface area (Å²) in [5.74, 6) is -0.0651. The normalized spacial score (nSPS) is 12.8. The molecule has 2 aromatic carbocycles. The molecule has 3 aromatic rings. The van der Waals surface area contributed by atoms with Crippen molar-refractivity contribution in [2.75, 3.05) is 40.2 Å². The molecule has 0 radical (unpaired) electrons. The number of imidazole rings is 1. The maximum atomic E-state index is 14.1. The number of carboxylic acids is 1. The molecule has 228 valence electrons. The van der Waals surface area contributed by atoms with Crippen LogP contribution in [0, 0.1) is 0 Å². The first-order valence-electron chi connectivity index (χ1n) is 12.6. The van der Waals surface area contributed by atoms with E-state index < -0.39 is 35.5 Å². The number of ether oxygens (including phenoxy) is 4. The lowest BCUT2D eigenvalue weighted by Crippen LogP contribution is -2.18. The summed E-state index contributed by atoms with van der Waals surface area (Å²) in [5.41, 5.74) is 2.19. The Hall–Kier alpha value is -3.79. The quantitative estimate of drug-likeness (QED) is 0.0977. The number of carbonyl (C=O) groups is 1. The summed E-state index contributed by atoms with van der Waals surface area (Å²) in [7, 11) is 0.367. The molecule has 0 saturated carbocycles. The Morgan fingerprint density at radius 1 is 1.12 bits per heavy atom. The average molecular weight is 624 g/mol. The highest BCUT2D eigenvalue weighted by Gasteiger charge is 2.27. The highest BCUT2D eigenvalue weighted by Crippen LogP contribution is 2.35. The highest BCUT2D eigenvalue weighted by molar-refractivity contribution is 8.00. The van der Waals surface area contributed by atoms with Crippen LogP contribution in [0.1, 0.15) is 20.3 Å². The van der Waals surface area contributed by atoms with Crippen LogP contribution in [0.2, 0.25) is 0 Å². The Labute approximate surface area is 247 Å². The van der Waals surface area contributed by atoms with Crippen LogP contribution < -0.4 is 14.2 Å². The van der Waals surface area contributed by atoms with Gasteiger partial charge in [-0.25, -0.2) is 22.2 Å². The molecule has 0 bridgehead atoms. The summed E-state index contributed by atoms with van der Waals surface area (Å²) in [6.45, 7) is 2.50. The van der Waals surface area contributed by atoms with Gasteiger partial charge < -0.3 is 34.3 Å². The number of thioether (sulfide) groups is 1. The van der Waals surface area contributed by atoms with Crippen molar-refractivity contribution in [3.8, 4) is 17.2 Å². The minimum Gasteiger partial charge on any atom is -0.501 e. The minimum absolute atomic E-state index is 0.0749. The molecule has 0 saturated heterocycles. The van der Waals surface area contributed by atoms with Crippen molar-refractivity contribution in [2.24, 2.45) is 4.99 Å². The number of benzene rings is 2. The maximum absolute atomic E-state index is 14.1. The number of aliphatic imine (C=N–C) groups is 1. The van der Waals surface area contributed by atoms with Gasteiger partial charge in [-0.05, 0) is 31.2 Å². The van der Waals surface area contributed by atoms with E-state index in [2.05, 4.69) is 9.98 Å². The van der Waals surface area contributed by atoms with E-state index in [1.54, 1.807) is 32.4 Å². The van der Waals surface area contributed by atoms with Crippen molar-refractivity contribution in [1.82, 2.24) is 8.96 Å². The van der Waals surface area contributed by atoms with Gasteiger partial charge in [-0.1, -0.05) is 18.7 Å². The largest absolute Gasteiger partial charge is 0.501 e. The maximum Gasteiger partial charge on any atom is 0.341 e. The molecule has 1 aromatic heterocycles. The molecule has 13 nitrogen and oxygen atoms in total. The van der Waals surface area contributed by atoms with Gasteiger partial charge in [0.1, 0.15) is 12.4 Å². The predicted molar refractivity (Wildman–Crippen MR) is 156 cm³/mol. The zero-order valence-corrected chi connectivity index (χ0v) is 25.4. The molecule has 42 heavy (non-hydrogen) atoms. The first kappa shape index (κ1) is 32.7. The van der Waals surface area contributed by atoms with Crippen molar-refractivity contribution >= 4 is 44.5 Å². The topological polar surface area (TPSA) is 179 Å². The van der Waals surface area contributed by atoms with Gasteiger partial charge in [-0.3, -0.25) is 4.99 Å². The lowest BCUT2D eigenvalue weighted by molar-refractivity contribution is -0.139. The van der Waals surface area contributed by atoms with Crippen LogP contribution in [-0.2, 0) is 19.6 Å². The van der Waals surface area contributed by atoms with Crippen LogP contribution in [0.25, 0.3) is 11.0 Å². The van der Waals surface area contributed by atoms with Gasteiger partial charge in [0.2, 0.25) is 0 Å². The number of carboxylic acid groups (broad SMARTS) is 1. The average Bonchev–Trinajstić information content (AvgIpc) is 3.34. The van der Waals surface area contributed by atoms with Crippen molar-refractivity contribution in [1.29, 1.82) is 0 Å². The van der Waals surface area contributed by atoms with Crippen LogP contribution in [0.15, 0.2) is 62.8 Å². The SMILES string of the molecule is CC/C(OC)=C(/C)C(CSc1nc2cc(OC)ccc2n1S(=O)(=O)c1ccc(OCC(O)O)c(OCC(=O)O)c1)=NC. The summed E-state index contributed by atoms with van der Waals surface area (Å²) >= 11 is 1.16. The molecule has 1 heterocycles. The fraction of sp³-hybridized carbons (Fsp3) is 0.370. The lowest BCUT2D eigenvalue weighted by atomic mass is 10.1. The Kier molecular flexibility index (Phi) is 11.2. The van der Waals surface area contributed by atoms with E-state index in [1.807, 2.05) is 13.8 Å². The molecule has 0 atom stereocenters. The number of aliphatic hydroxyl groups excluding tert-OH is 1. The number of methoxy groups -OCH3 is 2. The van der Waals surface area contributed by atoms with Crippen LogP contribution in [0.3, 0.4) is 0 Å². The van der Waals surface area contributed by atoms with Gasteiger partial charge >= 0.3 is 5.97 Å². The lowest BCUT2D eigenvalue weighted by Gasteiger charge is -2.16. The second-order valence-electron chi connectivity index (χ2n) is 8.67. The van der Waals surface area contributed by atoms with Crippen molar-refractivity contribution in [2.45, 2.75) is 36.6 Å². The third-order valence-electron chi connectivity index (χ3n) is 6.01. The number of fused-ring (bicyclic) bond motifs is 1. The number of allylic oxidation sites excluding steroid dienone is 2. The number of rotatable bonds is 15. The summed E-state index contributed by atoms with van der Waals surface area (Å²) < 4.78 is 50.6.